The molecule has 144 valence electrons. The number of allylic oxidation sites excluding steroid dienone is 1. The number of thiophene rings is 1. The van der Waals surface area contributed by atoms with Crippen LogP contribution in [0.4, 0.5) is 0 Å². The molecule has 5 nitrogen and oxygen atoms in total. The maximum absolute atomic E-state index is 12.2. The zero-order valence-corrected chi connectivity index (χ0v) is 17.0. The predicted octanol–water partition coefficient (Wildman–Crippen LogP) is 4.91. The van der Waals surface area contributed by atoms with E-state index in [1.54, 1.807) is 36.0 Å². The number of carbonyl (C=O) groups excluding carboxylic acids is 1. The van der Waals surface area contributed by atoms with Crippen LogP contribution in [0.3, 0.4) is 0 Å². The summed E-state index contributed by atoms with van der Waals surface area (Å²) >= 11 is 2.96. The Bertz CT molecular complexity index is 1130. The highest BCUT2D eigenvalue weighted by Gasteiger charge is 2.31. The number of carbonyl (C=O) groups is 1. The molecule has 0 saturated carbocycles. The van der Waals surface area contributed by atoms with Gasteiger partial charge in [-0.05, 0) is 41.5 Å². The van der Waals surface area contributed by atoms with E-state index in [0.717, 1.165) is 16.0 Å². The highest BCUT2D eigenvalue weighted by Crippen LogP contribution is 2.43. The van der Waals surface area contributed by atoms with Crippen LogP contribution in [0.25, 0.3) is 0 Å². The van der Waals surface area contributed by atoms with Crippen LogP contribution in [0.1, 0.15) is 26.7 Å². The van der Waals surface area contributed by atoms with Crippen LogP contribution < -0.4 is 15.2 Å². The summed E-state index contributed by atoms with van der Waals surface area (Å²) in [5.41, 5.74) is 8.14. The molecule has 1 aliphatic rings. The van der Waals surface area contributed by atoms with Gasteiger partial charge in [0.2, 0.25) is 5.88 Å². The van der Waals surface area contributed by atoms with Crippen molar-refractivity contribution >= 4 is 29.1 Å². The normalized spacial score (nSPS) is 15.2. The third-order valence-corrected chi connectivity index (χ3v) is 6.17. The number of hydrogen-bond donors (Lipinski definition) is 1. The molecule has 1 atom stereocenters. The molecule has 0 fully saturated rings. The number of fused-ring (bicyclic) bond motifs is 1. The van der Waals surface area contributed by atoms with Crippen molar-refractivity contribution < 1.29 is 14.3 Å². The zero-order valence-electron chi connectivity index (χ0n) is 15.4. The van der Waals surface area contributed by atoms with Gasteiger partial charge >= 0.3 is 5.97 Å². The highest BCUT2D eigenvalue weighted by atomic mass is 32.2. The first kappa shape index (κ1) is 19.1. The van der Waals surface area contributed by atoms with Crippen LogP contribution in [-0.2, 0) is 0 Å². The number of esters is 1. The number of benzene rings is 2. The maximum atomic E-state index is 12.2. The largest absolute Gasteiger partial charge is 0.440 e. The minimum Gasteiger partial charge on any atom is -0.440 e. The molecule has 0 radical (unpaired) electrons. The summed E-state index contributed by atoms with van der Waals surface area (Å²) in [6.45, 7) is 0. The Morgan fingerprint density at radius 3 is 2.69 bits per heavy atom. The number of hydrogen-bond acceptors (Lipinski definition) is 7. The molecule has 0 bridgehead atoms. The second-order valence-electron chi connectivity index (χ2n) is 6.26. The third-order valence-electron chi connectivity index (χ3n) is 4.57. The quantitative estimate of drug-likeness (QED) is 0.367. The highest BCUT2D eigenvalue weighted by molar-refractivity contribution is 7.98. The molecule has 7 heteroatoms. The van der Waals surface area contributed by atoms with Crippen molar-refractivity contribution in [1.82, 2.24) is 0 Å². The summed E-state index contributed by atoms with van der Waals surface area (Å²) in [7, 11) is 0. The van der Waals surface area contributed by atoms with E-state index in [9.17, 15) is 10.1 Å². The number of rotatable bonds is 4. The molecule has 0 spiro atoms. The number of ether oxygens (including phenoxy) is 2. The summed E-state index contributed by atoms with van der Waals surface area (Å²) in [5, 5.41) is 11.5. The Morgan fingerprint density at radius 2 is 2.03 bits per heavy atom. The SMILES string of the molecule is CSc1ccc(C2C(C#N)=C(N)Oc3cc(OC(=O)c4cccs4)ccc32)cc1. The topological polar surface area (TPSA) is 85.3 Å². The van der Waals surface area contributed by atoms with E-state index in [0.29, 0.717) is 21.9 Å². The molecule has 1 unspecified atom stereocenters. The van der Waals surface area contributed by atoms with Gasteiger partial charge in [0.15, 0.2) is 0 Å². The summed E-state index contributed by atoms with van der Waals surface area (Å²) in [6, 6.07) is 18.8. The van der Waals surface area contributed by atoms with E-state index >= 15 is 0 Å². The summed E-state index contributed by atoms with van der Waals surface area (Å²) in [6.07, 6.45) is 2.01. The minimum atomic E-state index is -0.429. The second-order valence-corrected chi connectivity index (χ2v) is 8.09. The van der Waals surface area contributed by atoms with Crippen LogP contribution >= 0.6 is 23.1 Å². The summed E-state index contributed by atoms with van der Waals surface area (Å²) in [4.78, 5) is 13.9. The maximum Gasteiger partial charge on any atom is 0.353 e. The van der Waals surface area contributed by atoms with Crippen LogP contribution in [-0.4, -0.2) is 12.2 Å². The van der Waals surface area contributed by atoms with Gasteiger partial charge in [0.1, 0.15) is 28.0 Å². The van der Waals surface area contributed by atoms with Crippen molar-refractivity contribution in [3.63, 3.8) is 0 Å². The number of nitrogens with two attached hydrogens (primary N) is 1. The van der Waals surface area contributed by atoms with Gasteiger partial charge in [-0.15, -0.1) is 23.1 Å². The molecule has 1 aromatic heterocycles. The molecule has 0 aliphatic carbocycles. The van der Waals surface area contributed by atoms with Crippen molar-refractivity contribution in [2.45, 2.75) is 10.8 Å². The Kier molecular flexibility index (Phi) is 5.30. The number of nitriles is 1. The van der Waals surface area contributed by atoms with Gasteiger partial charge in [-0.1, -0.05) is 24.3 Å². The van der Waals surface area contributed by atoms with Crippen LogP contribution in [0, 0.1) is 11.3 Å². The van der Waals surface area contributed by atoms with Gasteiger partial charge < -0.3 is 15.2 Å². The number of thioether (sulfide) groups is 1. The molecule has 2 N–H and O–H groups in total. The fourth-order valence-electron chi connectivity index (χ4n) is 3.19. The van der Waals surface area contributed by atoms with Crippen molar-refractivity contribution in [1.29, 1.82) is 5.26 Å². The van der Waals surface area contributed by atoms with Gasteiger partial charge in [-0.25, -0.2) is 4.79 Å². The van der Waals surface area contributed by atoms with Crippen molar-refractivity contribution in [2.24, 2.45) is 5.73 Å². The molecule has 1 aliphatic heterocycles. The Morgan fingerprint density at radius 1 is 1.24 bits per heavy atom. The molecule has 0 saturated heterocycles. The smallest absolute Gasteiger partial charge is 0.353 e. The lowest BCUT2D eigenvalue weighted by Gasteiger charge is -2.26. The minimum absolute atomic E-state index is 0.0562. The third kappa shape index (κ3) is 3.73. The fraction of sp³-hybridized carbons (Fsp3) is 0.0909. The standard InChI is InChI=1S/C22H16N2O3S2/c1-28-15-7-4-13(5-8-15)20-16-9-6-14(26-22(25)19-3-2-10-29-19)11-18(16)27-21(24)17(20)12-23/h2-11,20H,24H2,1H3. The molecular formula is C22H16N2O3S2. The fourth-order valence-corrected chi connectivity index (χ4v) is 4.20. The Hall–Kier alpha value is -3.21. The molecule has 0 amide bonds. The lowest BCUT2D eigenvalue weighted by atomic mass is 9.83. The zero-order chi connectivity index (χ0) is 20.4. The van der Waals surface area contributed by atoms with Gasteiger partial charge in [-0.2, -0.15) is 5.26 Å². The predicted molar refractivity (Wildman–Crippen MR) is 113 cm³/mol. The van der Waals surface area contributed by atoms with Crippen LogP contribution in [0.2, 0.25) is 0 Å². The molecule has 29 heavy (non-hydrogen) atoms. The van der Waals surface area contributed by atoms with E-state index in [-0.39, 0.29) is 11.8 Å². The lowest BCUT2D eigenvalue weighted by molar-refractivity contribution is 0.0739. The Labute approximate surface area is 176 Å². The summed E-state index contributed by atoms with van der Waals surface area (Å²) in [5.74, 6) is 0.104. The average Bonchev–Trinajstić information content (AvgIpc) is 3.28. The van der Waals surface area contributed by atoms with E-state index in [2.05, 4.69) is 6.07 Å². The Balaban J connectivity index is 1.70. The van der Waals surface area contributed by atoms with E-state index in [4.69, 9.17) is 15.2 Å². The summed E-state index contributed by atoms with van der Waals surface area (Å²) < 4.78 is 11.1. The van der Waals surface area contributed by atoms with Crippen molar-refractivity contribution in [3.05, 3.63) is 87.4 Å². The van der Waals surface area contributed by atoms with Gasteiger partial charge in [0, 0.05) is 16.5 Å². The van der Waals surface area contributed by atoms with E-state index in [1.165, 1.54) is 11.3 Å². The first-order valence-electron chi connectivity index (χ1n) is 8.72. The van der Waals surface area contributed by atoms with Crippen LogP contribution in [0.15, 0.2) is 76.3 Å². The van der Waals surface area contributed by atoms with E-state index < -0.39 is 5.97 Å². The number of nitrogens with zero attached hydrogens (tertiary/aromatic N) is 1. The lowest BCUT2D eigenvalue weighted by Crippen LogP contribution is -2.21. The first-order chi connectivity index (χ1) is 14.1. The second kappa shape index (κ2) is 8.03. The van der Waals surface area contributed by atoms with Crippen molar-refractivity contribution in [2.75, 3.05) is 6.26 Å². The van der Waals surface area contributed by atoms with Crippen LogP contribution in [0.5, 0.6) is 11.5 Å². The molecule has 2 heterocycles. The van der Waals surface area contributed by atoms with Gasteiger partial charge in [0.25, 0.3) is 0 Å². The van der Waals surface area contributed by atoms with Crippen molar-refractivity contribution in [3.8, 4) is 17.6 Å². The van der Waals surface area contributed by atoms with E-state index in [1.807, 2.05) is 42.0 Å². The van der Waals surface area contributed by atoms with Gasteiger partial charge in [0.05, 0.1) is 5.92 Å². The molecule has 4 rings (SSSR count). The molecule has 3 aromatic rings. The molecular weight excluding hydrogens is 404 g/mol. The van der Waals surface area contributed by atoms with Gasteiger partial charge in [-0.3, -0.25) is 0 Å². The molecule has 2 aromatic carbocycles. The monoisotopic (exact) mass is 420 g/mol. The average molecular weight is 421 g/mol. The first-order valence-corrected chi connectivity index (χ1v) is 10.8.